The predicted octanol–water partition coefficient (Wildman–Crippen LogP) is 1.04. The van der Waals surface area contributed by atoms with Gasteiger partial charge in [-0.05, 0) is 23.6 Å². The van der Waals surface area contributed by atoms with Crippen molar-refractivity contribution in [3.05, 3.63) is 40.6 Å². The molecule has 3 saturated heterocycles. The number of rotatable bonds is 5. The molecule has 3 fully saturated rings. The van der Waals surface area contributed by atoms with Gasteiger partial charge in [0.25, 0.3) is 5.91 Å². The molecule has 0 spiro atoms. The van der Waals surface area contributed by atoms with Gasteiger partial charge in [-0.1, -0.05) is 12.1 Å². The third kappa shape index (κ3) is 4.82. The molecular formula is C28H33N7O4S. The molecule has 1 aromatic carbocycles. The highest BCUT2D eigenvalue weighted by atomic mass is 32.2. The fraction of sp³-hybridized carbons (Fsp3) is 0.536. The average Bonchev–Trinajstić information content (AvgIpc) is 3.58. The Morgan fingerprint density at radius 2 is 1.80 bits per heavy atom. The van der Waals surface area contributed by atoms with Gasteiger partial charge < -0.3 is 19.4 Å². The highest BCUT2D eigenvalue weighted by Crippen LogP contribution is 2.39. The third-order valence-corrected chi connectivity index (χ3v) is 9.57. The van der Waals surface area contributed by atoms with E-state index in [0.717, 1.165) is 94.1 Å². The molecule has 5 aliphatic heterocycles. The van der Waals surface area contributed by atoms with Gasteiger partial charge in [0.05, 0.1) is 23.8 Å². The van der Waals surface area contributed by atoms with Crippen LogP contribution in [0.1, 0.15) is 40.0 Å². The number of fused-ring (bicyclic) bond motifs is 2. The van der Waals surface area contributed by atoms with Crippen LogP contribution in [0.25, 0.3) is 0 Å². The number of piperazine rings is 1. The van der Waals surface area contributed by atoms with Crippen LogP contribution in [0, 0.1) is 0 Å². The number of carbonyl (C=O) groups excluding carboxylic acids is 3. The van der Waals surface area contributed by atoms with Gasteiger partial charge in [-0.2, -0.15) is 4.98 Å². The van der Waals surface area contributed by atoms with Crippen LogP contribution in [0.4, 0.5) is 11.8 Å². The van der Waals surface area contributed by atoms with Crippen molar-refractivity contribution in [2.75, 3.05) is 68.0 Å². The second kappa shape index (κ2) is 10.6. The summed E-state index contributed by atoms with van der Waals surface area (Å²) in [5.41, 5.74) is 3.94. The Kier molecular flexibility index (Phi) is 6.84. The van der Waals surface area contributed by atoms with Gasteiger partial charge in [-0.25, -0.2) is 4.98 Å². The number of benzene rings is 1. The van der Waals surface area contributed by atoms with E-state index in [1.54, 1.807) is 4.90 Å². The number of nitrogens with one attached hydrogen (secondary N) is 1. The predicted molar refractivity (Wildman–Crippen MR) is 149 cm³/mol. The van der Waals surface area contributed by atoms with Crippen LogP contribution in [0.3, 0.4) is 0 Å². The number of aromatic nitrogens is 2. The van der Waals surface area contributed by atoms with Crippen LogP contribution < -0.4 is 15.1 Å². The lowest BCUT2D eigenvalue weighted by Gasteiger charge is -2.36. The van der Waals surface area contributed by atoms with Crippen LogP contribution in [0.15, 0.2) is 23.1 Å². The van der Waals surface area contributed by atoms with Crippen LogP contribution in [0.2, 0.25) is 0 Å². The Morgan fingerprint density at radius 3 is 2.60 bits per heavy atom. The Hall–Kier alpha value is -3.22. The number of anilines is 2. The van der Waals surface area contributed by atoms with E-state index in [9.17, 15) is 14.4 Å². The molecule has 5 aliphatic rings. The van der Waals surface area contributed by atoms with E-state index in [1.807, 2.05) is 23.9 Å². The van der Waals surface area contributed by atoms with Crippen LogP contribution in [-0.2, 0) is 33.8 Å². The summed E-state index contributed by atoms with van der Waals surface area (Å²) in [7, 11) is 0. The van der Waals surface area contributed by atoms with Gasteiger partial charge >= 0.3 is 0 Å². The molecule has 0 aliphatic carbocycles. The molecule has 0 radical (unpaired) electrons. The fourth-order valence-electron chi connectivity index (χ4n) is 6.26. The van der Waals surface area contributed by atoms with Crippen LogP contribution >= 0.6 is 11.8 Å². The SMILES string of the molecule is O=C1CCC(N2Cc3cc(CN4CCN(c5nc6c(c(N7CCOCC7)n5)SCC6)CC4)ccc3C2=O)C(=O)N1. The van der Waals surface area contributed by atoms with E-state index in [4.69, 9.17) is 14.7 Å². The van der Waals surface area contributed by atoms with E-state index in [0.29, 0.717) is 18.5 Å². The quantitative estimate of drug-likeness (QED) is 0.530. The summed E-state index contributed by atoms with van der Waals surface area (Å²) >= 11 is 1.87. The molecule has 1 aromatic heterocycles. The number of hydrogen-bond donors (Lipinski definition) is 1. The topological polar surface area (TPSA) is 111 Å². The summed E-state index contributed by atoms with van der Waals surface area (Å²) in [5.74, 6) is 2.20. The average molecular weight is 564 g/mol. The third-order valence-electron chi connectivity index (χ3n) is 8.45. The van der Waals surface area contributed by atoms with Crippen LogP contribution in [-0.4, -0.2) is 102 Å². The molecule has 11 nitrogen and oxygen atoms in total. The molecule has 0 saturated carbocycles. The van der Waals surface area contributed by atoms with Gasteiger partial charge in [0.15, 0.2) is 0 Å². The number of thioether (sulfide) groups is 1. The Balaban J connectivity index is 0.996. The molecule has 1 N–H and O–H groups in total. The van der Waals surface area contributed by atoms with Crippen molar-refractivity contribution in [1.82, 2.24) is 25.1 Å². The summed E-state index contributed by atoms with van der Waals surface area (Å²) in [4.78, 5) is 56.9. The molecule has 1 atom stereocenters. The molecule has 7 rings (SSSR count). The number of nitrogens with zero attached hydrogens (tertiary/aromatic N) is 6. The zero-order chi connectivity index (χ0) is 27.2. The highest BCUT2D eigenvalue weighted by molar-refractivity contribution is 7.99. The summed E-state index contributed by atoms with van der Waals surface area (Å²) in [5, 5.41) is 2.37. The Bertz CT molecular complexity index is 1360. The van der Waals surface area contributed by atoms with Crippen molar-refractivity contribution in [1.29, 1.82) is 0 Å². The van der Waals surface area contributed by atoms with Crippen molar-refractivity contribution < 1.29 is 19.1 Å². The zero-order valence-corrected chi connectivity index (χ0v) is 23.2. The number of imide groups is 1. The van der Waals surface area contributed by atoms with E-state index in [-0.39, 0.29) is 24.1 Å². The van der Waals surface area contributed by atoms with Crippen molar-refractivity contribution in [3.8, 4) is 0 Å². The highest BCUT2D eigenvalue weighted by Gasteiger charge is 2.39. The van der Waals surface area contributed by atoms with Crippen LogP contribution in [0.5, 0.6) is 0 Å². The number of morpholine rings is 1. The Morgan fingerprint density at radius 1 is 0.975 bits per heavy atom. The standard InChI is InChI=1S/C28H33N7O4S/c36-23-4-3-22(26(37)30-23)35-17-19-15-18(1-2-20(19)27(35)38)16-32-6-8-34(9-7-32)28-29-21-5-14-40-24(21)25(31-28)33-10-12-39-13-11-33/h1-2,15,22H,3-14,16-17H2,(H,30,36,37). The molecule has 1 unspecified atom stereocenters. The molecule has 2 aromatic rings. The van der Waals surface area contributed by atoms with Crippen molar-refractivity contribution >= 4 is 41.2 Å². The van der Waals surface area contributed by atoms with Gasteiger partial charge in [0, 0.05) is 76.5 Å². The Labute approximate surface area is 237 Å². The minimum atomic E-state index is -0.585. The maximum absolute atomic E-state index is 13.0. The number of ether oxygens (including phenoxy) is 1. The number of amides is 3. The monoisotopic (exact) mass is 563 g/mol. The molecule has 6 heterocycles. The smallest absolute Gasteiger partial charge is 0.255 e. The normalized spacial score (nSPS) is 23.4. The largest absolute Gasteiger partial charge is 0.378 e. The lowest BCUT2D eigenvalue weighted by Crippen LogP contribution is -2.52. The number of aryl methyl sites for hydroxylation is 1. The molecule has 0 bridgehead atoms. The second-order valence-corrected chi connectivity index (χ2v) is 12.1. The molecule has 3 amide bonds. The first kappa shape index (κ1) is 25.7. The number of carbonyl (C=O) groups is 3. The van der Waals surface area contributed by atoms with Crippen molar-refractivity contribution in [2.24, 2.45) is 0 Å². The molecule has 12 heteroatoms. The minimum Gasteiger partial charge on any atom is -0.378 e. The number of hydrogen-bond acceptors (Lipinski definition) is 10. The van der Waals surface area contributed by atoms with Crippen molar-refractivity contribution in [2.45, 2.75) is 43.3 Å². The molecule has 210 valence electrons. The first-order chi connectivity index (χ1) is 19.5. The molecular weight excluding hydrogens is 530 g/mol. The molecule has 40 heavy (non-hydrogen) atoms. The van der Waals surface area contributed by atoms with Gasteiger partial charge in [0.1, 0.15) is 11.9 Å². The zero-order valence-electron chi connectivity index (χ0n) is 22.4. The summed E-state index contributed by atoms with van der Waals surface area (Å²) in [6, 6.07) is 5.42. The number of piperidine rings is 1. The summed E-state index contributed by atoms with van der Waals surface area (Å²) < 4.78 is 5.56. The first-order valence-corrected chi connectivity index (χ1v) is 15.1. The van der Waals surface area contributed by atoms with E-state index in [1.165, 1.54) is 10.6 Å². The maximum atomic E-state index is 13.0. The first-order valence-electron chi connectivity index (χ1n) is 14.1. The minimum absolute atomic E-state index is 0.131. The maximum Gasteiger partial charge on any atom is 0.255 e. The summed E-state index contributed by atoms with van der Waals surface area (Å²) in [6.45, 7) is 7.95. The second-order valence-electron chi connectivity index (χ2n) is 11.0. The lowest BCUT2D eigenvalue weighted by atomic mass is 10.0. The fourth-order valence-corrected chi connectivity index (χ4v) is 7.38. The van der Waals surface area contributed by atoms with Gasteiger partial charge in [0.2, 0.25) is 17.8 Å². The van der Waals surface area contributed by atoms with Gasteiger partial charge in [-0.15, -0.1) is 11.8 Å². The van der Waals surface area contributed by atoms with E-state index in [2.05, 4.69) is 26.1 Å². The summed E-state index contributed by atoms with van der Waals surface area (Å²) in [6.07, 6.45) is 1.63. The van der Waals surface area contributed by atoms with Gasteiger partial charge in [-0.3, -0.25) is 24.6 Å². The van der Waals surface area contributed by atoms with E-state index < -0.39 is 6.04 Å². The van der Waals surface area contributed by atoms with E-state index >= 15 is 0 Å². The lowest BCUT2D eigenvalue weighted by molar-refractivity contribution is -0.136. The van der Waals surface area contributed by atoms with Crippen molar-refractivity contribution in [3.63, 3.8) is 0 Å².